The van der Waals surface area contributed by atoms with Crippen molar-refractivity contribution in [3.8, 4) is 0 Å². The summed E-state index contributed by atoms with van der Waals surface area (Å²) in [6.45, 7) is 8.23. The number of fused-ring (bicyclic) bond motifs is 1. The van der Waals surface area contributed by atoms with Gasteiger partial charge in [0.05, 0.1) is 6.61 Å². The largest absolute Gasteiger partial charge is 0.356 e. The molecule has 5 nitrogen and oxygen atoms in total. The zero-order valence-electron chi connectivity index (χ0n) is 11.0. The molecule has 18 heavy (non-hydrogen) atoms. The van der Waals surface area contributed by atoms with Crippen LogP contribution in [0.2, 0.25) is 0 Å². The van der Waals surface area contributed by atoms with Gasteiger partial charge in [0.25, 0.3) is 0 Å². The Morgan fingerprint density at radius 2 is 1.56 bits per heavy atom. The first kappa shape index (κ1) is 13.5. The van der Waals surface area contributed by atoms with Crippen molar-refractivity contribution in [2.75, 3.05) is 6.61 Å². The van der Waals surface area contributed by atoms with E-state index in [1.165, 1.54) is 0 Å². The maximum atomic E-state index is 5.95. The smallest absolute Gasteiger partial charge is 0.164 e. The Bertz CT molecular complexity index is 345. The van der Waals surface area contributed by atoms with Crippen LogP contribution in [-0.4, -0.2) is 46.7 Å². The second-order valence-corrected chi connectivity index (χ2v) is 7.11. The van der Waals surface area contributed by atoms with Crippen LogP contribution in [0.15, 0.2) is 0 Å². The summed E-state index contributed by atoms with van der Waals surface area (Å²) in [6.07, 6.45) is -0.326. The number of hydrogen-bond acceptors (Lipinski definition) is 5. The molecule has 0 radical (unpaired) electrons. The van der Waals surface area contributed by atoms with Gasteiger partial charge in [0.2, 0.25) is 0 Å². The molecule has 3 fully saturated rings. The van der Waals surface area contributed by atoms with E-state index in [2.05, 4.69) is 22.6 Å². The van der Waals surface area contributed by atoms with E-state index >= 15 is 0 Å². The van der Waals surface area contributed by atoms with E-state index in [4.69, 9.17) is 23.7 Å². The second kappa shape index (κ2) is 4.26. The van der Waals surface area contributed by atoms with Gasteiger partial charge < -0.3 is 23.7 Å². The van der Waals surface area contributed by atoms with Crippen LogP contribution in [0.3, 0.4) is 0 Å². The summed E-state index contributed by atoms with van der Waals surface area (Å²) >= 11 is 2.25. The first-order chi connectivity index (χ1) is 8.27. The molecule has 3 aliphatic heterocycles. The first-order valence-electron chi connectivity index (χ1n) is 6.24. The lowest BCUT2D eigenvalue weighted by Crippen LogP contribution is -2.40. The highest BCUT2D eigenvalue weighted by atomic mass is 127. The highest BCUT2D eigenvalue weighted by molar-refractivity contribution is 14.1. The molecule has 3 rings (SSSR count). The lowest BCUT2D eigenvalue weighted by Gasteiger charge is -2.26. The van der Waals surface area contributed by atoms with Gasteiger partial charge in [-0.05, 0) is 50.3 Å². The number of hydrogen-bond donors (Lipinski definition) is 0. The molecule has 3 saturated heterocycles. The fraction of sp³-hybridized carbons (Fsp3) is 1.00. The summed E-state index contributed by atoms with van der Waals surface area (Å²) in [5.74, 6) is -1.09. The lowest BCUT2D eigenvalue weighted by atomic mass is 10.1. The average Bonchev–Trinajstić information content (AvgIpc) is 2.81. The maximum absolute atomic E-state index is 5.95. The average molecular weight is 370 g/mol. The quantitative estimate of drug-likeness (QED) is 0.521. The van der Waals surface area contributed by atoms with E-state index in [1.807, 2.05) is 27.7 Å². The summed E-state index contributed by atoms with van der Waals surface area (Å²) in [6, 6.07) is 0. The fourth-order valence-electron chi connectivity index (χ4n) is 2.76. The molecule has 0 N–H and O–H groups in total. The van der Waals surface area contributed by atoms with Gasteiger partial charge in [-0.1, -0.05) is 0 Å². The van der Waals surface area contributed by atoms with E-state index in [0.29, 0.717) is 6.61 Å². The summed E-state index contributed by atoms with van der Waals surface area (Å²) < 4.78 is 29.2. The van der Waals surface area contributed by atoms with Crippen molar-refractivity contribution >= 4 is 22.6 Å². The molecule has 5 atom stereocenters. The fourth-order valence-corrected chi connectivity index (χ4v) is 3.65. The van der Waals surface area contributed by atoms with Gasteiger partial charge in [0.1, 0.15) is 28.5 Å². The molecular weight excluding hydrogens is 351 g/mol. The van der Waals surface area contributed by atoms with Gasteiger partial charge in [-0.15, -0.1) is 0 Å². The molecule has 3 aliphatic rings. The minimum Gasteiger partial charge on any atom is -0.356 e. The number of halogens is 1. The first-order valence-corrected chi connectivity index (χ1v) is 7.49. The number of alkyl halides is 1. The molecule has 104 valence electrons. The molecule has 0 aromatic heterocycles. The predicted octanol–water partition coefficient (Wildman–Crippen LogP) is 1.82. The zero-order valence-corrected chi connectivity index (χ0v) is 13.2. The third-order valence-electron chi connectivity index (χ3n) is 3.43. The Labute approximate surface area is 121 Å². The van der Waals surface area contributed by atoms with E-state index in [-0.39, 0.29) is 28.5 Å². The molecule has 0 bridgehead atoms. The van der Waals surface area contributed by atoms with Gasteiger partial charge >= 0.3 is 0 Å². The normalized spacial score (nSPS) is 49.5. The molecule has 0 aliphatic carbocycles. The molecule has 3 heterocycles. The van der Waals surface area contributed by atoms with Crippen molar-refractivity contribution in [2.45, 2.75) is 67.8 Å². The molecule has 0 aromatic rings. The summed E-state index contributed by atoms with van der Waals surface area (Å²) in [7, 11) is 0. The number of ether oxygens (including phenoxy) is 5. The molecular formula is C12H19IO5. The molecule has 0 saturated carbocycles. The Hall–Kier alpha value is 0.530. The predicted molar refractivity (Wildman–Crippen MR) is 71.4 cm³/mol. The standard InChI is InChI=1S/C12H19IO5/c1-11(2)14-5-6(16-11)7-8-9(10(13)15-7)18-12(3,4)17-8/h6-10H,5H2,1-4H3/t6-,7-,8+,9+,10+/m1/s1. The molecule has 0 unspecified atom stereocenters. The van der Waals surface area contributed by atoms with E-state index in [1.54, 1.807) is 0 Å². The highest BCUT2D eigenvalue weighted by Crippen LogP contribution is 2.43. The van der Waals surface area contributed by atoms with Crippen LogP contribution in [-0.2, 0) is 23.7 Å². The van der Waals surface area contributed by atoms with Gasteiger partial charge in [0, 0.05) is 0 Å². The monoisotopic (exact) mass is 370 g/mol. The van der Waals surface area contributed by atoms with Crippen molar-refractivity contribution in [1.82, 2.24) is 0 Å². The van der Waals surface area contributed by atoms with E-state index < -0.39 is 11.6 Å². The van der Waals surface area contributed by atoms with Crippen molar-refractivity contribution < 1.29 is 23.7 Å². The number of rotatable bonds is 1. The van der Waals surface area contributed by atoms with Crippen LogP contribution in [0.5, 0.6) is 0 Å². The minimum absolute atomic E-state index is 0.00770. The van der Waals surface area contributed by atoms with Crippen molar-refractivity contribution in [3.05, 3.63) is 0 Å². The highest BCUT2D eigenvalue weighted by Gasteiger charge is 2.58. The van der Waals surface area contributed by atoms with Crippen LogP contribution < -0.4 is 0 Å². The molecule has 0 amide bonds. The minimum atomic E-state index is -0.546. The Kier molecular flexibility index (Phi) is 3.20. The third kappa shape index (κ3) is 2.31. The van der Waals surface area contributed by atoms with Gasteiger partial charge in [-0.2, -0.15) is 0 Å². The topological polar surface area (TPSA) is 46.2 Å². The molecule has 0 aromatic carbocycles. The zero-order chi connectivity index (χ0) is 13.1. The maximum Gasteiger partial charge on any atom is 0.164 e. The Morgan fingerprint density at radius 1 is 0.889 bits per heavy atom. The van der Waals surface area contributed by atoms with Crippen molar-refractivity contribution in [3.63, 3.8) is 0 Å². The summed E-state index contributed by atoms with van der Waals surface area (Å²) in [5.41, 5.74) is 0. The molecule has 6 heteroatoms. The Morgan fingerprint density at radius 3 is 2.17 bits per heavy atom. The van der Waals surface area contributed by atoms with Gasteiger partial charge in [-0.3, -0.25) is 0 Å². The third-order valence-corrected chi connectivity index (χ3v) is 4.43. The van der Waals surface area contributed by atoms with Crippen LogP contribution >= 0.6 is 22.6 Å². The van der Waals surface area contributed by atoms with Crippen molar-refractivity contribution in [2.24, 2.45) is 0 Å². The van der Waals surface area contributed by atoms with Crippen molar-refractivity contribution in [1.29, 1.82) is 0 Å². The van der Waals surface area contributed by atoms with Gasteiger partial charge in [0.15, 0.2) is 11.6 Å². The molecule has 0 spiro atoms. The van der Waals surface area contributed by atoms with Crippen LogP contribution in [0.4, 0.5) is 0 Å². The van der Waals surface area contributed by atoms with Gasteiger partial charge in [-0.25, -0.2) is 0 Å². The van der Waals surface area contributed by atoms with E-state index in [9.17, 15) is 0 Å². The van der Waals surface area contributed by atoms with Crippen LogP contribution in [0.25, 0.3) is 0 Å². The Balaban J connectivity index is 1.75. The SMILES string of the molecule is CC1(C)O[C@@H]2[C@H](O1)[C@@H](I)O[C@@H]2[C@H]1COC(C)(C)O1. The lowest BCUT2D eigenvalue weighted by molar-refractivity contribution is -0.197. The second-order valence-electron chi connectivity index (χ2n) is 5.88. The summed E-state index contributed by atoms with van der Waals surface area (Å²) in [5, 5.41) is 0. The van der Waals surface area contributed by atoms with Crippen LogP contribution in [0, 0.1) is 0 Å². The summed E-state index contributed by atoms with van der Waals surface area (Å²) in [4.78, 5) is 0. The van der Waals surface area contributed by atoms with Crippen LogP contribution in [0.1, 0.15) is 27.7 Å². The van der Waals surface area contributed by atoms with E-state index in [0.717, 1.165) is 0 Å².